The number of pyridine rings is 1. The van der Waals surface area contributed by atoms with Crippen molar-refractivity contribution in [3.8, 4) is 22.5 Å². The molecule has 1 aliphatic carbocycles. The van der Waals surface area contributed by atoms with Gasteiger partial charge in [-0.1, -0.05) is 79.2 Å². The van der Waals surface area contributed by atoms with Gasteiger partial charge in [0.25, 0.3) is 0 Å². The first-order valence-corrected chi connectivity index (χ1v) is 15.2. The molecule has 0 spiro atoms. The van der Waals surface area contributed by atoms with Gasteiger partial charge in [0.2, 0.25) is 5.91 Å². The van der Waals surface area contributed by atoms with E-state index in [1.54, 1.807) is 18.0 Å². The van der Waals surface area contributed by atoms with Gasteiger partial charge in [-0.05, 0) is 60.2 Å². The first-order valence-electron chi connectivity index (χ1n) is 14.2. The molecule has 43 heavy (non-hydrogen) atoms. The highest BCUT2D eigenvalue weighted by Gasteiger charge is 2.49. The lowest BCUT2D eigenvalue weighted by atomic mass is 9.73. The third-order valence-corrected chi connectivity index (χ3v) is 8.86. The summed E-state index contributed by atoms with van der Waals surface area (Å²) < 4.78 is 41.4. The van der Waals surface area contributed by atoms with E-state index in [9.17, 15) is 18.0 Å². The zero-order valence-corrected chi connectivity index (χ0v) is 24.4. The number of thioether (sulfide) groups is 1. The van der Waals surface area contributed by atoms with Crippen LogP contribution in [0.2, 0.25) is 0 Å². The van der Waals surface area contributed by atoms with E-state index in [2.05, 4.69) is 15.3 Å². The fourth-order valence-electron chi connectivity index (χ4n) is 6.08. The van der Waals surface area contributed by atoms with Crippen LogP contribution >= 0.6 is 11.8 Å². The fraction of sp³-hybridized carbons (Fsp3) is 0.273. The Morgan fingerprint density at radius 3 is 2.33 bits per heavy atom. The van der Waals surface area contributed by atoms with Gasteiger partial charge in [-0.2, -0.15) is 13.2 Å². The van der Waals surface area contributed by atoms with E-state index in [-0.39, 0.29) is 0 Å². The summed E-state index contributed by atoms with van der Waals surface area (Å²) >= 11 is 1.56. The smallest absolute Gasteiger partial charge is 0.346 e. The van der Waals surface area contributed by atoms with Crippen molar-refractivity contribution in [2.75, 3.05) is 12.3 Å². The number of carbonyl (C=O) groups excluding carboxylic acids is 1. The Balaban J connectivity index is 1.14. The minimum atomic E-state index is -4.49. The molecule has 10 heteroatoms. The molecule has 0 unspecified atom stereocenters. The molecule has 0 atom stereocenters. The normalized spacial score (nSPS) is 13.6. The Hall–Kier alpha value is -4.18. The lowest BCUT2D eigenvalue weighted by Gasteiger charge is -2.31. The van der Waals surface area contributed by atoms with Crippen LogP contribution in [0, 0.1) is 6.92 Å². The molecule has 0 radical (unpaired) electrons. The van der Waals surface area contributed by atoms with Crippen molar-refractivity contribution in [3.05, 3.63) is 102 Å². The quantitative estimate of drug-likeness (QED) is 0.103. The molecule has 6 nitrogen and oxygen atoms in total. The van der Waals surface area contributed by atoms with Gasteiger partial charge in [0.1, 0.15) is 17.6 Å². The number of amides is 1. The number of nitrogens with zero attached hydrogens (tertiary/aromatic N) is 4. The number of alkyl halides is 3. The molecule has 0 bridgehead atoms. The van der Waals surface area contributed by atoms with Gasteiger partial charge in [0.05, 0.1) is 17.1 Å². The number of imidazole rings is 1. The number of aryl methyl sites for hydroxylation is 1. The molecule has 3 heterocycles. The fourth-order valence-corrected chi connectivity index (χ4v) is 6.91. The van der Waals surface area contributed by atoms with Crippen LogP contribution in [0.25, 0.3) is 28.2 Å². The van der Waals surface area contributed by atoms with Crippen molar-refractivity contribution in [2.45, 2.75) is 49.4 Å². The Labute approximate surface area is 251 Å². The van der Waals surface area contributed by atoms with Crippen molar-refractivity contribution >= 4 is 23.3 Å². The van der Waals surface area contributed by atoms with Crippen molar-refractivity contribution in [2.24, 2.45) is 0 Å². The average Bonchev–Trinajstić information content (AvgIpc) is 3.49. The second-order valence-electron chi connectivity index (χ2n) is 10.7. The number of aromatic nitrogens is 4. The molecule has 3 aromatic heterocycles. The zero-order valence-electron chi connectivity index (χ0n) is 23.6. The van der Waals surface area contributed by atoms with Gasteiger partial charge in [0.15, 0.2) is 5.16 Å². The molecular formula is C33H30F3N5OS. The monoisotopic (exact) mass is 601 g/mol. The molecule has 0 fully saturated rings. The topological polar surface area (TPSA) is 72.2 Å². The maximum Gasteiger partial charge on any atom is 0.405 e. The van der Waals surface area contributed by atoms with E-state index in [1.807, 2.05) is 90.3 Å². The van der Waals surface area contributed by atoms with Crippen LogP contribution in [0.4, 0.5) is 13.2 Å². The second kappa shape index (κ2) is 11.8. The van der Waals surface area contributed by atoms with Crippen LogP contribution in [0.1, 0.15) is 42.5 Å². The number of rotatable bonds is 10. The van der Waals surface area contributed by atoms with Crippen LogP contribution < -0.4 is 5.32 Å². The minimum Gasteiger partial charge on any atom is -0.346 e. The number of benzene rings is 2. The third-order valence-electron chi connectivity index (χ3n) is 7.91. The standard InChI is InChI=1S/C33H30F3N5OS/c1-22-29(41-19-9-7-15-28(41)39-22)27-16-18-37-31(40-27)43-20-10-2-8-17-32(30(42)38-21-33(34,35)36)25-13-5-3-11-23(25)24-12-4-6-14-26(24)32/h3-7,9,11-16,18-19H,2,8,10,17,20-21H2,1H3,(H,38,42). The van der Waals surface area contributed by atoms with Gasteiger partial charge < -0.3 is 5.32 Å². The van der Waals surface area contributed by atoms with Crippen LogP contribution in [0.3, 0.4) is 0 Å². The summed E-state index contributed by atoms with van der Waals surface area (Å²) in [6.07, 6.45) is 1.96. The van der Waals surface area contributed by atoms with Crippen molar-refractivity contribution in [1.29, 1.82) is 0 Å². The highest BCUT2D eigenvalue weighted by molar-refractivity contribution is 7.99. The summed E-state index contributed by atoms with van der Waals surface area (Å²) in [6, 6.07) is 22.8. The van der Waals surface area contributed by atoms with Gasteiger partial charge in [0, 0.05) is 18.1 Å². The highest BCUT2D eigenvalue weighted by atomic mass is 32.2. The van der Waals surface area contributed by atoms with E-state index in [0.717, 1.165) is 63.6 Å². The number of fused-ring (bicyclic) bond motifs is 4. The molecule has 6 rings (SSSR count). The van der Waals surface area contributed by atoms with Crippen molar-refractivity contribution in [3.63, 3.8) is 0 Å². The predicted octanol–water partition coefficient (Wildman–Crippen LogP) is 7.40. The average molecular weight is 602 g/mol. The molecule has 220 valence electrons. The summed E-state index contributed by atoms with van der Waals surface area (Å²) in [7, 11) is 0. The molecule has 5 aromatic rings. The van der Waals surface area contributed by atoms with E-state index in [0.29, 0.717) is 18.0 Å². The number of carbonyl (C=O) groups is 1. The summed E-state index contributed by atoms with van der Waals surface area (Å²) in [5.41, 5.74) is 5.64. The lowest BCUT2D eigenvalue weighted by Crippen LogP contribution is -2.47. The van der Waals surface area contributed by atoms with E-state index in [1.165, 1.54) is 0 Å². The maximum atomic E-state index is 13.6. The lowest BCUT2D eigenvalue weighted by molar-refractivity contribution is -0.141. The molecule has 2 aromatic carbocycles. The molecule has 0 aliphatic heterocycles. The van der Waals surface area contributed by atoms with Gasteiger partial charge in [-0.25, -0.2) is 15.0 Å². The third kappa shape index (κ3) is 5.63. The van der Waals surface area contributed by atoms with E-state index in [4.69, 9.17) is 4.98 Å². The molecule has 0 saturated heterocycles. The Morgan fingerprint density at radius 1 is 0.907 bits per heavy atom. The molecular weight excluding hydrogens is 571 g/mol. The Kier molecular flexibility index (Phi) is 7.96. The number of hydrogen-bond acceptors (Lipinski definition) is 5. The molecule has 0 saturated carbocycles. The Morgan fingerprint density at radius 2 is 1.60 bits per heavy atom. The summed E-state index contributed by atoms with van der Waals surface area (Å²) in [6.45, 7) is 0.608. The molecule has 1 amide bonds. The van der Waals surface area contributed by atoms with Crippen molar-refractivity contribution < 1.29 is 18.0 Å². The molecule has 1 N–H and O–H groups in total. The van der Waals surface area contributed by atoms with E-state index < -0.39 is 24.0 Å². The van der Waals surface area contributed by atoms with Gasteiger partial charge in [-0.15, -0.1) is 0 Å². The SMILES string of the molecule is Cc1nc2ccccn2c1-c1ccnc(SCCCCCC2(C(=O)NCC(F)(F)F)c3ccccc3-c3ccccc32)n1. The van der Waals surface area contributed by atoms with Crippen LogP contribution in [0.5, 0.6) is 0 Å². The van der Waals surface area contributed by atoms with E-state index >= 15 is 0 Å². The molecule has 1 aliphatic rings. The largest absolute Gasteiger partial charge is 0.405 e. The second-order valence-corrected chi connectivity index (χ2v) is 11.7. The number of unbranched alkanes of at least 4 members (excludes halogenated alkanes) is 2. The van der Waals surface area contributed by atoms with Crippen LogP contribution in [-0.2, 0) is 10.2 Å². The summed E-state index contributed by atoms with van der Waals surface area (Å²) in [4.78, 5) is 27.5. The zero-order chi connectivity index (χ0) is 30.0. The Bertz CT molecular complexity index is 1740. The first-order chi connectivity index (χ1) is 20.8. The summed E-state index contributed by atoms with van der Waals surface area (Å²) in [5.74, 6) is 0.167. The van der Waals surface area contributed by atoms with Gasteiger partial charge >= 0.3 is 6.18 Å². The number of halogens is 3. The summed E-state index contributed by atoms with van der Waals surface area (Å²) in [5, 5.41) is 2.87. The number of nitrogens with one attached hydrogen (secondary N) is 1. The first kappa shape index (κ1) is 28.9. The van der Waals surface area contributed by atoms with Crippen molar-refractivity contribution in [1.82, 2.24) is 24.7 Å². The van der Waals surface area contributed by atoms with Crippen LogP contribution in [0.15, 0.2) is 90.3 Å². The highest BCUT2D eigenvalue weighted by Crippen LogP contribution is 2.51. The maximum absolute atomic E-state index is 13.6. The van der Waals surface area contributed by atoms with Crippen LogP contribution in [-0.4, -0.2) is 43.7 Å². The minimum absolute atomic E-state index is 0.412. The predicted molar refractivity (Wildman–Crippen MR) is 162 cm³/mol. The number of hydrogen-bond donors (Lipinski definition) is 1. The van der Waals surface area contributed by atoms with Gasteiger partial charge in [-0.3, -0.25) is 9.20 Å².